The molecule has 0 fully saturated rings. The van der Waals surface area contributed by atoms with Gasteiger partial charge >= 0.3 is 0 Å². The van der Waals surface area contributed by atoms with Crippen molar-refractivity contribution in [3.05, 3.63) is 11.8 Å². The average Bonchev–Trinajstić information content (AvgIpc) is 1.63. The van der Waals surface area contributed by atoms with E-state index in [4.69, 9.17) is 22.2 Å². The molecule has 0 amide bonds. The molecule has 0 unspecified atom stereocenters. The van der Waals surface area contributed by atoms with E-state index >= 15 is 0 Å². The molecule has 0 aliphatic carbocycles. The molecule has 0 aliphatic heterocycles. The summed E-state index contributed by atoms with van der Waals surface area (Å²) in [6.07, 6.45) is 4.31. The summed E-state index contributed by atoms with van der Waals surface area (Å²) in [5.74, 6) is 0. The van der Waals surface area contributed by atoms with Crippen molar-refractivity contribution in [1.82, 2.24) is 0 Å². The molecule has 0 N–H and O–H groups in total. The first-order valence-electron chi connectivity index (χ1n) is 3.12. The highest BCUT2D eigenvalue weighted by Gasteiger charge is 2.14. The molecule has 0 bridgehead atoms. The zero-order chi connectivity index (χ0) is 7.33. The standard InChI is InChI=1S/C6H12Cl2Si/c1-3-4-5-6-9(2,7)8/h5-6H,3-4H2,1-2H3/b6-5+. The Hall–Kier alpha value is 0.537. The second kappa shape index (κ2) is 4.37. The molecule has 3 heteroatoms. The van der Waals surface area contributed by atoms with Crippen LogP contribution in [0.1, 0.15) is 19.8 Å². The van der Waals surface area contributed by atoms with E-state index in [-0.39, 0.29) is 0 Å². The molecule has 0 aromatic rings. The Morgan fingerprint density at radius 3 is 2.33 bits per heavy atom. The lowest BCUT2D eigenvalue weighted by molar-refractivity contribution is 0.960. The summed E-state index contributed by atoms with van der Waals surface area (Å²) in [6, 6.07) is 0. The van der Waals surface area contributed by atoms with Gasteiger partial charge in [-0.3, -0.25) is 0 Å². The quantitative estimate of drug-likeness (QED) is 0.464. The van der Waals surface area contributed by atoms with E-state index in [9.17, 15) is 0 Å². The molecule has 54 valence electrons. The SMILES string of the molecule is CCC/C=C/[Si](C)(Cl)Cl. The van der Waals surface area contributed by atoms with E-state index in [0.29, 0.717) is 0 Å². The summed E-state index contributed by atoms with van der Waals surface area (Å²) in [5.41, 5.74) is 1.94. The third kappa shape index (κ3) is 8.54. The van der Waals surface area contributed by atoms with Crippen molar-refractivity contribution in [3.8, 4) is 0 Å². The van der Waals surface area contributed by atoms with E-state index in [1.807, 2.05) is 12.2 Å². The molecule has 0 aromatic carbocycles. The number of hydrogen-bond donors (Lipinski definition) is 0. The summed E-state index contributed by atoms with van der Waals surface area (Å²) in [7, 11) is 0. The zero-order valence-corrected chi connectivity index (χ0v) is 8.34. The van der Waals surface area contributed by atoms with Crippen LogP contribution in [0.4, 0.5) is 0 Å². The Morgan fingerprint density at radius 1 is 1.44 bits per heavy atom. The molecule has 0 saturated heterocycles. The van der Waals surface area contributed by atoms with E-state index in [1.54, 1.807) is 0 Å². The topological polar surface area (TPSA) is 0 Å². The van der Waals surface area contributed by atoms with E-state index in [2.05, 4.69) is 13.0 Å². The Bertz CT molecular complexity index is 93.7. The van der Waals surface area contributed by atoms with Gasteiger partial charge in [-0.1, -0.05) is 25.1 Å². The molecule has 0 rings (SSSR count). The van der Waals surface area contributed by atoms with Crippen LogP contribution in [0.3, 0.4) is 0 Å². The van der Waals surface area contributed by atoms with Gasteiger partial charge in [-0.05, 0) is 13.0 Å². The molecular formula is C6H12Cl2Si. The van der Waals surface area contributed by atoms with Crippen LogP contribution in [0.25, 0.3) is 0 Å². The normalized spacial score (nSPS) is 12.9. The monoisotopic (exact) mass is 182 g/mol. The highest BCUT2D eigenvalue weighted by Crippen LogP contribution is 2.15. The summed E-state index contributed by atoms with van der Waals surface area (Å²) < 4.78 is 0. The minimum absolute atomic E-state index is 1.09. The number of halogens is 2. The maximum absolute atomic E-state index is 5.79. The van der Waals surface area contributed by atoms with E-state index in [1.165, 1.54) is 0 Å². The van der Waals surface area contributed by atoms with Crippen LogP contribution in [-0.4, -0.2) is 6.69 Å². The van der Waals surface area contributed by atoms with Crippen molar-refractivity contribution in [2.45, 2.75) is 26.3 Å². The van der Waals surface area contributed by atoms with Gasteiger partial charge in [-0.15, -0.1) is 22.2 Å². The van der Waals surface area contributed by atoms with Crippen molar-refractivity contribution in [2.24, 2.45) is 0 Å². The maximum atomic E-state index is 5.79. The lowest BCUT2D eigenvalue weighted by Crippen LogP contribution is -2.07. The highest BCUT2D eigenvalue weighted by atomic mass is 35.7. The molecule has 0 heterocycles. The lowest BCUT2D eigenvalue weighted by atomic mass is 10.3. The fraction of sp³-hybridized carbons (Fsp3) is 0.667. The Kier molecular flexibility index (Phi) is 4.63. The largest absolute Gasteiger partial charge is 0.270 e. The van der Waals surface area contributed by atoms with Crippen LogP contribution >= 0.6 is 22.2 Å². The average molecular weight is 183 g/mol. The third-order valence-corrected chi connectivity index (χ3v) is 2.44. The Balaban J connectivity index is 3.45. The maximum Gasteiger partial charge on any atom is 0.270 e. The van der Waals surface area contributed by atoms with Crippen molar-refractivity contribution in [3.63, 3.8) is 0 Å². The van der Waals surface area contributed by atoms with Gasteiger partial charge in [0.1, 0.15) is 0 Å². The smallest absolute Gasteiger partial charge is 0.141 e. The van der Waals surface area contributed by atoms with Crippen LogP contribution in [-0.2, 0) is 0 Å². The molecule has 0 spiro atoms. The molecular weight excluding hydrogens is 171 g/mol. The minimum Gasteiger partial charge on any atom is -0.141 e. The number of allylic oxidation sites excluding steroid dienone is 1. The predicted octanol–water partition coefficient (Wildman–Crippen LogP) is 3.43. The van der Waals surface area contributed by atoms with Gasteiger partial charge in [-0.25, -0.2) is 0 Å². The van der Waals surface area contributed by atoms with Crippen LogP contribution < -0.4 is 0 Å². The van der Waals surface area contributed by atoms with Gasteiger partial charge in [0.15, 0.2) is 0 Å². The molecule has 0 nitrogen and oxygen atoms in total. The van der Waals surface area contributed by atoms with Crippen LogP contribution in [0.5, 0.6) is 0 Å². The molecule has 9 heavy (non-hydrogen) atoms. The van der Waals surface area contributed by atoms with Crippen LogP contribution in [0, 0.1) is 0 Å². The summed E-state index contributed by atoms with van der Waals surface area (Å²) in [5, 5.41) is 0. The first-order valence-corrected chi connectivity index (χ1v) is 7.72. The molecule has 0 aliphatic rings. The fourth-order valence-corrected chi connectivity index (χ4v) is 1.57. The second-order valence-corrected chi connectivity index (χ2v) is 9.68. The third-order valence-electron chi connectivity index (χ3n) is 0.866. The Labute approximate surface area is 67.3 Å². The lowest BCUT2D eigenvalue weighted by Gasteiger charge is -1.99. The molecule has 0 radical (unpaired) electrons. The summed E-state index contributed by atoms with van der Waals surface area (Å²) in [4.78, 5) is 0. The van der Waals surface area contributed by atoms with Crippen molar-refractivity contribution in [2.75, 3.05) is 0 Å². The van der Waals surface area contributed by atoms with Gasteiger partial charge in [0, 0.05) is 0 Å². The highest BCUT2D eigenvalue weighted by molar-refractivity contribution is 7.47. The second-order valence-electron chi connectivity index (χ2n) is 2.15. The van der Waals surface area contributed by atoms with Crippen LogP contribution in [0.2, 0.25) is 6.55 Å². The zero-order valence-electron chi connectivity index (χ0n) is 5.82. The molecule has 0 saturated carbocycles. The van der Waals surface area contributed by atoms with Crippen molar-refractivity contribution >= 4 is 28.9 Å². The van der Waals surface area contributed by atoms with E-state index < -0.39 is 6.69 Å². The predicted molar refractivity (Wildman–Crippen MR) is 47.4 cm³/mol. The van der Waals surface area contributed by atoms with Crippen LogP contribution in [0.15, 0.2) is 11.8 Å². The first kappa shape index (κ1) is 9.54. The minimum atomic E-state index is -1.93. The van der Waals surface area contributed by atoms with Crippen molar-refractivity contribution < 1.29 is 0 Å². The number of rotatable bonds is 3. The molecule has 0 aromatic heterocycles. The summed E-state index contributed by atoms with van der Waals surface area (Å²) >= 11 is 11.6. The van der Waals surface area contributed by atoms with Gasteiger partial charge in [0.05, 0.1) is 0 Å². The fourth-order valence-electron chi connectivity index (χ4n) is 0.457. The number of unbranched alkanes of at least 4 members (excludes halogenated alkanes) is 1. The van der Waals surface area contributed by atoms with Gasteiger partial charge in [0.2, 0.25) is 0 Å². The van der Waals surface area contributed by atoms with Crippen molar-refractivity contribution in [1.29, 1.82) is 0 Å². The number of hydrogen-bond acceptors (Lipinski definition) is 0. The Morgan fingerprint density at radius 2 is 2.00 bits per heavy atom. The van der Waals surface area contributed by atoms with E-state index in [0.717, 1.165) is 12.8 Å². The summed E-state index contributed by atoms with van der Waals surface area (Å²) in [6.45, 7) is 2.09. The van der Waals surface area contributed by atoms with Gasteiger partial charge < -0.3 is 0 Å². The first-order chi connectivity index (χ1) is 4.06. The van der Waals surface area contributed by atoms with Gasteiger partial charge in [0.25, 0.3) is 6.69 Å². The van der Waals surface area contributed by atoms with Gasteiger partial charge in [-0.2, -0.15) is 0 Å². The molecule has 0 atom stereocenters.